The van der Waals surface area contributed by atoms with E-state index >= 15 is 0 Å². The lowest BCUT2D eigenvalue weighted by atomic mass is 9.96. The highest BCUT2D eigenvalue weighted by Gasteiger charge is 2.12. The second-order valence-electron chi connectivity index (χ2n) is 5.29. The quantitative estimate of drug-likeness (QED) is 0.690. The fourth-order valence-corrected chi connectivity index (χ4v) is 2.22. The number of benzene rings is 1. The van der Waals surface area contributed by atoms with Gasteiger partial charge in [0.15, 0.2) is 0 Å². The molecule has 2 atom stereocenters. The van der Waals surface area contributed by atoms with Crippen LogP contribution >= 0.6 is 0 Å². The molecule has 1 aromatic rings. The standard InChI is InChI=1S/C18H27NO/c1-5-12-19(13-6-2)14-18(20)17-10-8-16(9-11-17)15(4)7-3/h5-6,8-11,15,18,20H,1-2,7,12-14H2,3-4H3. The predicted molar refractivity (Wildman–Crippen MR) is 86.9 cm³/mol. The molecule has 20 heavy (non-hydrogen) atoms. The Morgan fingerprint density at radius 3 is 2.05 bits per heavy atom. The first kappa shape index (κ1) is 16.7. The number of aliphatic hydroxyl groups excluding tert-OH is 1. The molecule has 0 bridgehead atoms. The van der Waals surface area contributed by atoms with Gasteiger partial charge in [-0.15, -0.1) is 13.2 Å². The molecule has 0 saturated heterocycles. The maximum Gasteiger partial charge on any atom is 0.0917 e. The van der Waals surface area contributed by atoms with Crippen molar-refractivity contribution in [2.75, 3.05) is 19.6 Å². The monoisotopic (exact) mass is 273 g/mol. The van der Waals surface area contributed by atoms with Gasteiger partial charge in [-0.05, 0) is 23.5 Å². The lowest BCUT2D eigenvalue weighted by Gasteiger charge is -2.22. The van der Waals surface area contributed by atoms with Gasteiger partial charge < -0.3 is 5.11 Å². The summed E-state index contributed by atoms with van der Waals surface area (Å²) in [6, 6.07) is 8.31. The molecular formula is C18H27NO. The zero-order chi connectivity index (χ0) is 15.0. The molecule has 110 valence electrons. The fourth-order valence-electron chi connectivity index (χ4n) is 2.22. The minimum absolute atomic E-state index is 0.471. The SMILES string of the molecule is C=CCN(CC=C)CC(O)c1ccc(C(C)CC)cc1. The Labute approximate surface area is 123 Å². The van der Waals surface area contributed by atoms with E-state index in [1.165, 1.54) is 5.56 Å². The molecule has 0 fully saturated rings. The lowest BCUT2D eigenvalue weighted by molar-refractivity contribution is 0.125. The van der Waals surface area contributed by atoms with Crippen LogP contribution in [-0.4, -0.2) is 29.6 Å². The molecule has 1 aromatic carbocycles. The van der Waals surface area contributed by atoms with E-state index in [0.717, 1.165) is 25.1 Å². The normalized spacial score (nSPS) is 14.0. The van der Waals surface area contributed by atoms with Gasteiger partial charge in [0.05, 0.1) is 6.10 Å². The van der Waals surface area contributed by atoms with Crippen molar-refractivity contribution in [2.24, 2.45) is 0 Å². The molecule has 2 heteroatoms. The number of hydrogen-bond donors (Lipinski definition) is 1. The van der Waals surface area contributed by atoms with Crippen LogP contribution in [0.15, 0.2) is 49.6 Å². The second kappa shape index (κ2) is 8.72. The van der Waals surface area contributed by atoms with Crippen LogP contribution in [0.2, 0.25) is 0 Å². The summed E-state index contributed by atoms with van der Waals surface area (Å²) in [5.74, 6) is 0.569. The van der Waals surface area contributed by atoms with Crippen LogP contribution in [0.3, 0.4) is 0 Å². The molecule has 2 nitrogen and oxygen atoms in total. The second-order valence-corrected chi connectivity index (χ2v) is 5.29. The van der Waals surface area contributed by atoms with Crippen molar-refractivity contribution in [2.45, 2.75) is 32.3 Å². The van der Waals surface area contributed by atoms with Gasteiger partial charge in [-0.3, -0.25) is 4.90 Å². The summed E-state index contributed by atoms with van der Waals surface area (Å²) in [4.78, 5) is 2.12. The van der Waals surface area contributed by atoms with Crippen molar-refractivity contribution in [3.05, 3.63) is 60.7 Å². The summed E-state index contributed by atoms with van der Waals surface area (Å²) in [6.45, 7) is 14.0. The summed E-state index contributed by atoms with van der Waals surface area (Å²) in [5, 5.41) is 10.3. The Balaban J connectivity index is 2.68. The number of aliphatic hydroxyl groups is 1. The van der Waals surface area contributed by atoms with Crippen molar-refractivity contribution < 1.29 is 5.11 Å². The molecule has 1 N–H and O–H groups in total. The topological polar surface area (TPSA) is 23.5 Å². The molecule has 0 aliphatic carbocycles. The molecule has 0 saturated carbocycles. The van der Waals surface area contributed by atoms with Crippen LogP contribution in [0.4, 0.5) is 0 Å². The van der Waals surface area contributed by atoms with Crippen LogP contribution in [0.25, 0.3) is 0 Å². The zero-order valence-electron chi connectivity index (χ0n) is 12.8. The third-order valence-electron chi connectivity index (χ3n) is 3.71. The van der Waals surface area contributed by atoms with Crippen LogP contribution in [0.1, 0.15) is 43.4 Å². The molecule has 0 aliphatic rings. The Kier molecular flexibility index (Phi) is 7.27. The van der Waals surface area contributed by atoms with Crippen molar-refractivity contribution in [3.63, 3.8) is 0 Å². The van der Waals surface area contributed by atoms with Crippen molar-refractivity contribution >= 4 is 0 Å². The van der Waals surface area contributed by atoms with E-state index in [-0.39, 0.29) is 0 Å². The third-order valence-corrected chi connectivity index (χ3v) is 3.71. The Bertz CT molecular complexity index is 400. The highest BCUT2D eigenvalue weighted by atomic mass is 16.3. The Morgan fingerprint density at radius 2 is 1.60 bits per heavy atom. The van der Waals surface area contributed by atoms with Crippen molar-refractivity contribution in [1.29, 1.82) is 0 Å². The molecule has 0 radical (unpaired) electrons. The molecular weight excluding hydrogens is 246 g/mol. The van der Waals surface area contributed by atoms with Crippen LogP contribution in [0, 0.1) is 0 Å². The maximum atomic E-state index is 10.3. The molecule has 1 rings (SSSR count). The molecule has 0 aromatic heterocycles. The van der Waals surface area contributed by atoms with E-state index in [9.17, 15) is 5.11 Å². The van der Waals surface area contributed by atoms with Gasteiger partial charge in [-0.25, -0.2) is 0 Å². The van der Waals surface area contributed by atoms with E-state index in [1.807, 2.05) is 24.3 Å². The minimum Gasteiger partial charge on any atom is -0.387 e. The van der Waals surface area contributed by atoms with Crippen molar-refractivity contribution in [1.82, 2.24) is 4.90 Å². The van der Waals surface area contributed by atoms with Crippen LogP contribution < -0.4 is 0 Å². The summed E-state index contributed by atoms with van der Waals surface area (Å²) >= 11 is 0. The van der Waals surface area contributed by atoms with Gasteiger partial charge in [0.25, 0.3) is 0 Å². The van der Waals surface area contributed by atoms with Crippen LogP contribution in [0.5, 0.6) is 0 Å². The van der Waals surface area contributed by atoms with Crippen LogP contribution in [-0.2, 0) is 0 Å². The number of nitrogens with zero attached hydrogens (tertiary/aromatic N) is 1. The lowest BCUT2D eigenvalue weighted by Crippen LogP contribution is -2.29. The van der Waals surface area contributed by atoms with E-state index < -0.39 is 6.10 Å². The first-order chi connectivity index (χ1) is 9.62. The third kappa shape index (κ3) is 4.95. The molecule has 0 aliphatic heterocycles. The predicted octanol–water partition coefficient (Wildman–Crippen LogP) is 3.91. The summed E-state index contributed by atoms with van der Waals surface area (Å²) < 4.78 is 0. The highest BCUT2D eigenvalue weighted by molar-refractivity contribution is 5.26. The smallest absolute Gasteiger partial charge is 0.0917 e. The van der Waals surface area contributed by atoms with Gasteiger partial charge in [-0.2, -0.15) is 0 Å². The van der Waals surface area contributed by atoms with Gasteiger partial charge in [0.1, 0.15) is 0 Å². The number of hydrogen-bond acceptors (Lipinski definition) is 2. The summed E-state index contributed by atoms with van der Waals surface area (Å²) in [5.41, 5.74) is 2.30. The first-order valence-corrected chi connectivity index (χ1v) is 7.34. The maximum absolute atomic E-state index is 10.3. The highest BCUT2D eigenvalue weighted by Crippen LogP contribution is 2.21. The molecule has 0 spiro atoms. The van der Waals surface area contributed by atoms with E-state index in [1.54, 1.807) is 0 Å². The first-order valence-electron chi connectivity index (χ1n) is 7.34. The Morgan fingerprint density at radius 1 is 1.10 bits per heavy atom. The largest absolute Gasteiger partial charge is 0.387 e. The van der Waals surface area contributed by atoms with E-state index in [4.69, 9.17) is 0 Å². The Hall–Kier alpha value is -1.38. The number of rotatable bonds is 9. The van der Waals surface area contributed by atoms with Crippen molar-refractivity contribution in [3.8, 4) is 0 Å². The average molecular weight is 273 g/mol. The molecule has 0 heterocycles. The van der Waals surface area contributed by atoms with Gasteiger partial charge in [-0.1, -0.05) is 50.3 Å². The van der Waals surface area contributed by atoms with Gasteiger partial charge >= 0.3 is 0 Å². The van der Waals surface area contributed by atoms with Gasteiger partial charge in [0, 0.05) is 19.6 Å². The average Bonchev–Trinajstić information content (AvgIpc) is 2.47. The molecule has 0 amide bonds. The van der Waals surface area contributed by atoms with Gasteiger partial charge in [0.2, 0.25) is 0 Å². The van der Waals surface area contributed by atoms with E-state index in [2.05, 4.69) is 44.0 Å². The fraction of sp³-hybridized carbons (Fsp3) is 0.444. The minimum atomic E-state index is -0.471. The summed E-state index contributed by atoms with van der Waals surface area (Å²) in [6.07, 6.45) is 4.36. The molecule has 2 unspecified atom stereocenters. The summed E-state index contributed by atoms with van der Waals surface area (Å²) in [7, 11) is 0. The van der Waals surface area contributed by atoms with E-state index in [0.29, 0.717) is 12.5 Å². The zero-order valence-corrected chi connectivity index (χ0v) is 12.8.